The molecule has 0 saturated carbocycles. The van der Waals surface area contributed by atoms with Crippen molar-refractivity contribution >= 4 is 23.5 Å². The number of anilines is 1. The minimum absolute atomic E-state index is 0.0390. The Morgan fingerprint density at radius 1 is 0.900 bits per heavy atom. The zero-order chi connectivity index (χ0) is 35.5. The number of rotatable bonds is 14. The maximum Gasteiger partial charge on any atom is 0.314 e. The Labute approximate surface area is 295 Å². The summed E-state index contributed by atoms with van der Waals surface area (Å²) < 4.78 is 6.00. The number of para-hydroxylation sites is 1. The predicted molar refractivity (Wildman–Crippen MR) is 198 cm³/mol. The monoisotopic (exact) mass is 675 g/mol. The second-order valence-corrected chi connectivity index (χ2v) is 13.5. The van der Waals surface area contributed by atoms with Gasteiger partial charge in [0.25, 0.3) is 0 Å². The van der Waals surface area contributed by atoms with Crippen LogP contribution in [0.2, 0.25) is 0 Å². The van der Waals surface area contributed by atoms with Crippen molar-refractivity contribution in [3.05, 3.63) is 125 Å². The van der Waals surface area contributed by atoms with Gasteiger partial charge in [0.15, 0.2) is 0 Å². The first kappa shape index (κ1) is 36.3. The molecule has 4 N–H and O–H groups in total. The van der Waals surface area contributed by atoms with E-state index < -0.39 is 11.6 Å². The molecule has 4 amide bonds. The lowest BCUT2D eigenvalue weighted by atomic mass is 9.98. The zero-order valence-electron chi connectivity index (χ0n) is 29.5. The van der Waals surface area contributed by atoms with Crippen LogP contribution in [0.5, 0.6) is 0 Å². The molecule has 0 saturated heterocycles. The van der Waals surface area contributed by atoms with E-state index in [1.807, 2.05) is 118 Å². The summed E-state index contributed by atoms with van der Waals surface area (Å²) in [7, 11) is 1.59. The molecule has 50 heavy (non-hydrogen) atoms. The molecule has 0 bridgehead atoms. The molecule has 2 atom stereocenters. The molecule has 0 radical (unpaired) electrons. The van der Waals surface area contributed by atoms with E-state index in [0.29, 0.717) is 39.1 Å². The SMILES string of the molecule is CNC(=O)NCc1ccccc1-c1ccc(CN2C(=O)[C@H](NC(=O)CC(C)(C)NC[C@@H](C)OCc3ccccc3)CCc3ccccc32)cc1. The highest BCUT2D eigenvalue weighted by Crippen LogP contribution is 2.30. The first-order chi connectivity index (χ1) is 24.1. The zero-order valence-corrected chi connectivity index (χ0v) is 29.5. The molecule has 5 rings (SSSR count). The number of ether oxygens (including phenoxy) is 1. The van der Waals surface area contributed by atoms with Crippen molar-refractivity contribution in [1.29, 1.82) is 0 Å². The lowest BCUT2D eigenvalue weighted by Crippen LogP contribution is -2.51. The van der Waals surface area contributed by atoms with Crippen LogP contribution >= 0.6 is 0 Å². The normalized spacial score (nSPS) is 15.1. The van der Waals surface area contributed by atoms with E-state index in [2.05, 4.69) is 27.3 Å². The van der Waals surface area contributed by atoms with Gasteiger partial charge in [-0.3, -0.25) is 9.59 Å². The van der Waals surface area contributed by atoms with Crippen LogP contribution in [-0.2, 0) is 40.4 Å². The fourth-order valence-electron chi connectivity index (χ4n) is 6.21. The first-order valence-corrected chi connectivity index (χ1v) is 17.3. The Bertz CT molecular complexity index is 1740. The van der Waals surface area contributed by atoms with Gasteiger partial charge in [0, 0.05) is 37.8 Å². The van der Waals surface area contributed by atoms with Crippen molar-refractivity contribution in [2.45, 2.75) is 77.4 Å². The number of nitrogens with one attached hydrogen (secondary N) is 4. The number of amides is 4. The van der Waals surface area contributed by atoms with Gasteiger partial charge < -0.3 is 30.9 Å². The summed E-state index contributed by atoms with van der Waals surface area (Å²) >= 11 is 0. The van der Waals surface area contributed by atoms with Gasteiger partial charge in [0.1, 0.15) is 6.04 Å². The quantitative estimate of drug-likeness (QED) is 0.129. The second-order valence-electron chi connectivity index (χ2n) is 13.5. The van der Waals surface area contributed by atoms with Crippen LogP contribution in [0.25, 0.3) is 11.1 Å². The second kappa shape index (κ2) is 17.1. The lowest BCUT2D eigenvalue weighted by molar-refractivity contribution is -0.128. The van der Waals surface area contributed by atoms with E-state index in [9.17, 15) is 14.4 Å². The highest BCUT2D eigenvalue weighted by Gasteiger charge is 2.33. The Balaban J connectivity index is 1.22. The molecule has 9 heteroatoms. The summed E-state index contributed by atoms with van der Waals surface area (Å²) in [6.07, 6.45) is 1.39. The van der Waals surface area contributed by atoms with Crippen LogP contribution in [0.1, 0.15) is 55.9 Å². The van der Waals surface area contributed by atoms with Gasteiger partial charge in [-0.05, 0) is 73.1 Å². The van der Waals surface area contributed by atoms with E-state index in [1.165, 1.54) is 0 Å². The highest BCUT2D eigenvalue weighted by atomic mass is 16.5. The Morgan fingerprint density at radius 2 is 1.60 bits per heavy atom. The third kappa shape index (κ3) is 10.0. The number of fused-ring (bicyclic) bond motifs is 1. The van der Waals surface area contributed by atoms with Crippen molar-refractivity contribution in [2.24, 2.45) is 0 Å². The molecule has 4 aromatic rings. The van der Waals surface area contributed by atoms with E-state index in [-0.39, 0.29) is 30.4 Å². The summed E-state index contributed by atoms with van der Waals surface area (Å²) in [5.41, 5.74) is 6.60. The number of urea groups is 1. The van der Waals surface area contributed by atoms with Crippen LogP contribution in [0.4, 0.5) is 10.5 Å². The first-order valence-electron chi connectivity index (χ1n) is 17.3. The maximum absolute atomic E-state index is 14.1. The van der Waals surface area contributed by atoms with Crippen molar-refractivity contribution in [2.75, 3.05) is 18.5 Å². The van der Waals surface area contributed by atoms with Gasteiger partial charge in [-0.25, -0.2) is 4.79 Å². The predicted octanol–water partition coefficient (Wildman–Crippen LogP) is 6.11. The van der Waals surface area contributed by atoms with E-state index >= 15 is 0 Å². The summed E-state index contributed by atoms with van der Waals surface area (Å²) in [5.74, 6) is -0.287. The van der Waals surface area contributed by atoms with Gasteiger partial charge in [0.2, 0.25) is 11.8 Å². The van der Waals surface area contributed by atoms with Gasteiger partial charge >= 0.3 is 6.03 Å². The van der Waals surface area contributed by atoms with Gasteiger partial charge in [-0.2, -0.15) is 0 Å². The fraction of sp³-hybridized carbons (Fsp3) is 0.341. The molecule has 9 nitrogen and oxygen atoms in total. The minimum atomic E-state index is -0.641. The van der Waals surface area contributed by atoms with Crippen LogP contribution in [-0.4, -0.2) is 49.1 Å². The van der Waals surface area contributed by atoms with E-state index in [1.54, 1.807) is 11.9 Å². The molecule has 0 unspecified atom stereocenters. The Kier molecular flexibility index (Phi) is 12.4. The molecule has 1 aliphatic heterocycles. The van der Waals surface area contributed by atoms with Crippen LogP contribution < -0.4 is 26.2 Å². The van der Waals surface area contributed by atoms with Gasteiger partial charge in [-0.1, -0.05) is 97.1 Å². The molecule has 262 valence electrons. The van der Waals surface area contributed by atoms with Crippen molar-refractivity contribution in [3.8, 4) is 11.1 Å². The maximum atomic E-state index is 14.1. The summed E-state index contributed by atoms with van der Waals surface area (Å²) in [5, 5.41) is 12.0. The van der Waals surface area contributed by atoms with Crippen LogP contribution in [0, 0.1) is 0 Å². The molecule has 0 fully saturated rings. The number of benzene rings is 4. The molecule has 1 aliphatic rings. The third-order valence-electron chi connectivity index (χ3n) is 9.02. The summed E-state index contributed by atoms with van der Waals surface area (Å²) in [4.78, 5) is 41.1. The van der Waals surface area contributed by atoms with Crippen molar-refractivity contribution in [3.63, 3.8) is 0 Å². The lowest BCUT2D eigenvalue weighted by Gasteiger charge is -2.30. The molecule has 4 aromatic carbocycles. The highest BCUT2D eigenvalue weighted by molar-refractivity contribution is 6.00. The molecule has 0 aliphatic carbocycles. The molecular formula is C41H49N5O4. The van der Waals surface area contributed by atoms with E-state index in [0.717, 1.165) is 39.1 Å². The fourth-order valence-corrected chi connectivity index (χ4v) is 6.21. The van der Waals surface area contributed by atoms with Crippen LogP contribution in [0.3, 0.4) is 0 Å². The van der Waals surface area contributed by atoms with Gasteiger partial charge in [0.05, 0.1) is 19.3 Å². The number of carbonyl (C=O) groups is 3. The van der Waals surface area contributed by atoms with E-state index in [4.69, 9.17) is 4.74 Å². The topological polar surface area (TPSA) is 112 Å². The molecule has 1 heterocycles. The number of hydrogen-bond donors (Lipinski definition) is 4. The molecule has 0 aromatic heterocycles. The number of aryl methyl sites for hydroxylation is 1. The number of carbonyl (C=O) groups excluding carboxylic acids is 3. The Morgan fingerprint density at radius 3 is 2.36 bits per heavy atom. The third-order valence-corrected chi connectivity index (χ3v) is 9.02. The molecular weight excluding hydrogens is 626 g/mol. The average Bonchev–Trinajstić information content (AvgIpc) is 3.25. The minimum Gasteiger partial charge on any atom is -0.373 e. The average molecular weight is 676 g/mol. The summed E-state index contributed by atoms with van der Waals surface area (Å²) in [6, 6.07) is 33.3. The standard InChI is InChI=1S/C41H49N5O4/c1-29(50-28-31-12-6-5-7-13-31)25-44-41(2,3)24-38(47)45-36-23-22-33-14-9-11-17-37(33)46(39(36)48)27-30-18-20-32(21-19-30)35-16-10-8-15-34(35)26-43-40(49)42-4/h5-21,29,36,44H,22-28H2,1-4H3,(H,45,47)(H2,42,43,49)/t29-,36-/m1/s1. The largest absolute Gasteiger partial charge is 0.373 e. The Hall–Kier alpha value is -4.99. The van der Waals surface area contributed by atoms with Crippen molar-refractivity contribution in [1.82, 2.24) is 21.3 Å². The smallest absolute Gasteiger partial charge is 0.314 e. The summed E-state index contributed by atoms with van der Waals surface area (Å²) in [6.45, 7) is 7.90. The van der Waals surface area contributed by atoms with Crippen LogP contribution in [0.15, 0.2) is 103 Å². The van der Waals surface area contributed by atoms with Crippen molar-refractivity contribution < 1.29 is 19.1 Å². The number of nitrogens with zero attached hydrogens (tertiary/aromatic N) is 1. The number of hydrogen-bond acceptors (Lipinski definition) is 5. The van der Waals surface area contributed by atoms with Gasteiger partial charge in [-0.15, -0.1) is 0 Å². The molecule has 0 spiro atoms.